The van der Waals surface area contributed by atoms with E-state index in [0.717, 1.165) is 12.8 Å². The molecule has 1 aliphatic heterocycles. The number of nitrogens with two attached hydrogens (primary N) is 1. The van der Waals surface area contributed by atoms with E-state index in [-0.39, 0.29) is 6.10 Å². The molecule has 1 saturated heterocycles. The number of aliphatic hydroxyl groups is 1. The zero-order chi connectivity index (χ0) is 18.3. The largest absolute Gasteiger partial charge is 0.390 e. The van der Waals surface area contributed by atoms with E-state index in [1.165, 1.54) is 83.5 Å². The molecule has 0 spiro atoms. The summed E-state index contributed by atoms with van der Waals surface area (Å²) < 4.78 is 5.09. The van der Waals surface area contributed by atoms with E-state index < -0.39 is 18.1 Å². The van der Waals surface area contributed by atoms with Crippen molar-refractivity contribution < 1.29 is 14.6 Å². The second-order valence-electron chi connectivity index (χ2n) is 7.73. The molecule has 25 heavy (non-hydrogen) atoms. The van der Waals surface area contributed by atoms with Crippen LogP contribution >= 0.6 is 0 Å². The van der Waals surface area contributed by atoms with Crippen molar-refractivity contribution in [3.8, 4) is 0 Å². The van der Waals surface area contributed by atoms with Crippen LogP contribution in [-0.4, -0.2) is 29.3 Å². The minimum absolute atomic E-state index is 0.343. The van der Waals surface area contributed by atoms with Crippen molar-refractivity contribution in [1.82, 2.24) is 0 Å². The van der Waals surface area contributed by atoms with Gasteiger partial charge in [-0.05, 0) is 6.42 Å². The first-order chi connectivity index (χ1) is 12.2. The number of ether oxygens (including phenoxy) is 1. The maximum absolute atomic E-state index is 10.9. The van der Waals surface area contributed by atoms with Crippen LogP contribution in [0.15, 0.2) is 0 Å². The second-order valence-corrected chi connectivity index (χ2v) is 7.73. The van der Waals surface area contributed by atoms with Crippen LogP contribution in [0.5, 0.6) is 0 Å². The third kappa shape index (κ3) is 11.6. The van der Waals surface area contributed by atoms with Crippen LogP contribution in [0.4, 0.5) is 0 Å². The Morgan fingerprint density at radius 3 is 1.60 bits per heavy atom. The molecule has 1 rings (SSSR count). The van der Waals surface area contributed by atoms with Gasteiger partial charge in [-0.25, -0.2) is 0 Å². The summed E-state index contributed by atoms with van der Waals surface area (Å²) >= 11 is 0. The van der Waals surface area contributed by atoms with E-state index in [9.17, 15) is 9.90 Å². The number of hydrogen-bond donors (Lipinski definition) is 2. The highest BCUT2D eigenvalue weighted by molar-refractivity contribution is 5.81. The number of carbonyl (C=O) groups excluding carboxylic acids is 1. The van der Waals surface area contributed by atoms with Crippen LogP contribution in [0.2, 0.25) is 0 Å². The number of rotatable bonds is 18. The molecule has 0 saturated carbocycles. The van der Waals surface area contributed by atoms with Gasteiger partial charge >= 0.3 is 0 Å². The van der Waals surface area contributed by atoms with Gasteiger partial charge < -0.3 is 15.6 Å². The molecule has 148 valence electrons. The summed E-state index contributed by atoms with van der Waals surface area (Å²) in [6.07, 6.45) is 19.4. The summed E-state index contributed by atoms with van der Waals surface area (Å²) in [5.74, 6) is -0.458. The first-order valence-corrected chi connectivity index (χ1v) is 10.8. The van der Waals surface area contributed by atoms with Crippen molar-refractivity contribution in [1.29, 1.82) is 0 Å². The molecule has 0 radical (unpaired) electrons. The average molecular weight is 356 g/mol. The summed E-state index contributed by atoms with van der Waals surface area (Å²) in [7, 11) is 0. The van der Waals surface area contributed by atoms with Crippen LogP contribution in [0.1, 0.15) is 110 Å². The van der Waals surface area contributed by atoms with Crippen LogP contribution in [0.3, 0.4) is 0 Å². The highest BCUT2D eigenvalue weighted by Crippen LogP contribution is 2.27. The highest BCUT2D eigenvalue weighted by atomic mass is 16.6. The van der Waals surface area contributed by atoms with Crippen LogP contribution in [0, 0.1) is 0 Å². The SMILES string of the molecule is CCCCCCCCCCCCCCCCCC(O)[C@@H]1O[C@@H]1C(N)=O. The molecule has 0 aliphatic carbocycles. The fraction of sp³-hybridized carbons (Fsp3) is 0.952. The molecule has 0 aromatic carbocycles. The summed E-state index contributed by atoms with van der Waals surface area (Å²) in [5, 5.41) is 9.88. The molecule has 3 N–H and O–H groups in total. The van der Waals surface area contributed by atoms with Gasteiger partial charge in [-0.15, -0.1) is 0 Å². The van der Waals surface area contributed by atoms with Gasteiger partial charge in [0.05, 0.1) is 6.10 Å². The molecule has 1 amide bonds. The van der Waals surface area contributed by atoms with Gasteiger partial charge in [-0.2, -0.15) is 0 Å². The number of hydrogen-bond acceptors (Lipinski definition) is 3. The summed E-state index contributed by atoms with van der Waals surface area (Å²) in [6.45, 7) is 2.27. The Morgan fingerprint density at radius 1 is 0.840 bits per heavy atom. The summed E-state index contributed by atoms with van der Waals surface area (Å²) in [4.78, 5) is 10.9. The zero-order valence-corrected chi connectivity index (χ0v) is 16.4. The fourth-order valence-electron chi connectivity index (χ4n) is 3.53. The molecular weight excluding hydrogens is 314 g/mol. The van der Waals surface area contributed by atoms with E-state index in [0.29, 0.717) is 6.42 Å². The molecule has 1 unspecified atom stereocenters. The molecule has 1 fully saturated rings. The predicted octanol–water partition coefficient (Wildman–Crippen LogP) is 4.86. The first kappa shape index (κ1) is 22.4. The Labute approximate surface area is 154 Å². The standard InChI is InChI=1S/C21H41NO3/c1-2-3-4-5-6-7-8-9-10-11-12-13-14-15-16-17-18(23)19-20(25-19)21(22)24/h18-20,23H,2-17H2,1H3,(H2,22,24)/t18?,19-,20-/m0/s1. The van der Waals surface area contributed by atoms with Gasteiger partial charge in [0.15, 0.2) is 6.10 Å². The number of amides is 1. The zero-order valence-electron chi connectivity index (χ0n) is 16.4. The number of unbranched alkanes of at least 4 members (excludes halogenated alkanes) is 14. The third-order valence-electron chi connectivity index (χ3n) is 5.29. The molecule has 0 aromatic heterocycles. The summed E-state index contributed by atoms with van der Waals surface area (Å²) in [6, 6.07) is 0. The third-order valence-corrected chi connectivity index (χ3v) is 5.29. The Hall–Kier alpha value is -0.610. The number of aliphatic hydroxyl groups excluding tert-OH is 1. The highest BCUT2D eigenvalue weighted by Gasteiger charge is 2.48. The molecule has 1 heterocycles. The van der Waals surface area contributed by atoms with Crippen LogP contribution in [0.25, 0.3) is 0 Å². The maximum Gasteiger partial charge on any atom is 0.249 e. The van der Waals surface area contributed by atoms with Crippen molar-refractivity contribution in [3.63, 3.8) is 0 Å². The molecule has 0 aromatic rings. The lowest BCUT2D eigenvalue weighted by Gasteiger charge is -2.07. The van der Waals surface area contributed by atoms with Crippen LogP contribution < -0.4 is 5.73 Å². The smallest absolute Gasteiger partial charge is 0.249 e. The Kier molecular flexibility index (Phi) is 13.1. The minimum atomic E-state index is -0.550. The molecular formula is C21H41NO3. The normalized spacial score (nSPS) is 20.6. The van der Waals surface area contributed by atoms with Gasteiger partial charge in [-0.1, -0.05) is 103 Å². The van der Waals surface area contributed by atoms with Crippen LogP contribution in [-0.2, 0) is 9.53 Å². The van der Waals surface area contributed by atoms with Crippen molar-refractivity contribution in [2.45, 2.75) is 128 Å². The van der Waals surface area contributed by atoms with E-state index in [1.54, 1.807) is 0 Å². The van der Waals surface area contributed by atoms with E-state index in [4.69, 9.17) is 10.5 Å². The van der Waals surface area contributed by atoms with Gasteiger partial charge in [0.1, 0.15) is 6.10 Å². The van der Waals surface area contributed by atoms with Crippen molar-refractivity contribution in [2.24, 2.45) is 5.73 Å². The fourth-order valence-corrected chi connectivity index (χ4v) is 3.53. The molecule has 3 atom stereocenters. The number of primary amides is 1. The first-order valence-electron chi connectivity index (χ1n) is 10.8. The predicted molar refractivity (Wildman–Crippen MR) is 103 cm³/mol. The average Bonchev–Trinajstić information content (AvgIpc) is 3.39. The molecule has 1 aliphatic rings. The molecule has 4 heteroatoms. The lowest BCUT2D eigenvalue weighted by molar-refractivity contribution is -0.119. The van der Waals surface area contributed by atoms with Crippen molar-refractivity contribution in [3.05, 3.63) is 0 Å². The number of epoxide rings is 1. The molecule has 0 bridgehead atoms. The number of carbonyl (C=O) groups is 1. The van der Waals surface area contributed by atoms with Crippen molar-refractivity contribution in [2.75, 3.05) is 0 Å². The van der Waals surface area contributed by atoms with E-state index >= 15 is 0 Å². The van der Waals surface area contributed by atoms with E-state index in [1.807, 2.05) is 0 Å². The Morgan fingerprint density at radius 2 is 1.24 bits per heavy atom. The summed E-state index contributed by atoms with van der Waals surface area (Å²) in [5.41, 5.74) is 5.14. The lowest BCUT2D eigenvalue weighted by atomic mass is 10.0. The van der Waals surface area contributed by atoms with Crippen molar-refractivity contribution >= 4 is 5.91 Å². The minimum Gasteiger partial charge on any atom is -0.390 e. The van der Waals surface area contributed by atoms with E-state index in [2.05, 4.69) is 6.92 Å². The topological polar surface area (TPSA) is 75.8 Å². The van der Waals surface area contributed by atoms with Gasteiger partial charge in [0, 0.05) is 0 Å². The van der Waals surface area contributed by atoms with Gasteiger partial charge in [0.2, 0.25) is 5.91 Å². The maximum atomic E-state index is 10.9. The molecule has 4 nitrogen and oxygen atoms in total. The quantitative estimate of drug-likeness (QED) is 0.272. The van der Waals surface area contributed by atoms with Gasteiger partial charge in [0.25, 0.3) is 0 Å². The second kappa shape index (κ2) is 14.5. The Bertz CT molecular complexity index is 335. The Balaban J connectivity index is 1.73. The van der Waals surface area contributed by atoms with Gasteiger partial charge in [-0.3, -0.25) is 4.79 Å². The lowest BCUT2D eigenvalue weighted by Crippen LogP contribution is -2.25. The monoisotopic (exact) mass is 355 g/mol.